The number of hydrogen-bond acceptors (Lipinski definition) is 1. The zero-order valence-corrected chi connectivity index (χ0v) is 11.8. The van der Waals surface area contributed by atoms with Crippen LogP contribution in [0.1, 0.15) is 12.0 Å². The van der Waals surface area contributed by atoms with Gasteiger partial charge in [-0.15, -0.1) is 0 Å². The van der Waals surface area contributed by atoms with E-state index >= 15 is 0 Å². The molecule has 0 bridgehead atoms. The van der Waals surface area contributed by atoms with E-state index in [1.165, 1.54) is 11.6 Å². The highest BCUT2D eigenvalue weighted by molar-refractivity contribution is 9.10. The van der Waals surface area contributed by atoms with Gasteiger partial charge in [0.2, 0.25) is 5.82 Å². The van der Waals surface area contributed by atoms with E-state index in [2.05, 4.69) is 15.9 Å². The molecule has 0 N–H and O–H groups in total. The molecule has 0 fully saturated rings. The summed E-state index contributed by atoms with van der Waals surface area (Å²) in [4.78, 5) is 0. The van der Waals surface area contributed by atoms with Gasteiger partial charge >= 0.3 is 0 Å². The van der Waals surface area contributed by atoms with Gasteiger partial charge in [-0.25, -0.2) is 4.39 Å². The minimum atomic E-state index is -0.942. The van der Waals surface area contributed by atoms with E-state index in [-0.39, 0.29) is 5.75 Å². The summed E-state index contributed by atoms with van der Waals surface area (Å²) in [6.45, 7) is 0.349. The highest BCUT2D eigenvalue weighted by Crippen LogP contribution is 2.25. The van der Waals surface area contributed by atoms with Gasteiger partial charge in [-0.05, 0) is 30.5 Å². The molecule has 4 heteroatoms. The largest absolute Gasteiger partial charge is 0.490 e. The molecule has 0 amide bonds. The maximum absolute atomic E-state index is 13.4. The number of hydrogen-bond donors (Lipinski definition) is 0. The van der Waals surface area contributed by atoms with Gasteiger partial charge in [0.05, 0.1) is 6.61 Å². The van der Waals surface area contributed by atoms with E-state index in [0.29, 0.717) is 11.1 Å². The topological polar surface area (TPSA) is 9.23 Å². The Morgan fingerprint density at radius 1 is 1.05 bits per heavy atom. The molecule has 0 aromatic heterocycles. The molecule has 2 aromatic carbocycles. The van der Waals surface area contributed by atoms with E-state index in [1.54, 1.807) is 0 Å². The van der Waals surface area contributed by atoms with Gasteiger partial charge in [0.1, 0.15) is 0 Å². The van der Waals surface area contributed by atoms with Crippen LogP contribution >= 0.6 is 15.9 Å². The Balaban J connectivity index is 1.86. The molecule has 0 aliphatic heterocycles. The van der Waals surface area contributed by atoms with Crippen molar-refractivity contribution in [2.45, 2.75) is 12.8 Å². The highest BCUT2D eigenvalue weighted by Gasteiger charge is 2.10. The molecule has 2 aromatic rings. The van der Waals surface area contributed by atoms with Crippen molar-refractivity contribution in [2.24, 2.45) is 0 Å². The first-order valence-electron chi connectivity index (χ1n) is 5.98. The van der Waals surface area contributed by atoms with Crippen LogP contribution in [0, 0.1) is 11.6 Å². The summed E-state index contributed by atoms with van der Waals surface area (Å²) < 4.78 is 32.3. The smallest absolute Gasteiger partial charge is 0.200 e. The Morgan fingerprint density at radius 3 is 2.53 bits per heavy atom. The molecule has 0 unspecified atom stereocenters. The van der Waals surface area contributed by atoms with Crippen molar-refractivity contribution in [3.63, 3.8) is 0 Å². The van der Waals surface area contributed by atoms with Crippen LogP contribution in [0.25, 0.3) is 0 Å². The Bertz CT molecular complexity index is 543. The molecule has 0 radical (unpaired) electrons. The zero-order valence-electron chi connectivity index (χ0n) is 10.2. The number of halogens is 3. The van der Waals surface area contributed by atoms with Gasteiger partial charge in [0, 0.05) is 4.47 Å². The lowest BCUT2D eigenvalue weighted by Crippen LogP contribution is -2.02. The van der Waals surface area contributed by atoms with Crippen LogP contribution in [0.5, 0.6) is 5.75 Å². The summed E-state index contributed by atoms with van der Waals surface area (Å²) >= 11 is 3.11. The van der Waals surface area contributed by atoms with Crippen LogP contribution in [-0.2, 0) is 6.42 Å². The first-order chi connectivity index (χ1) is 9.16. The summed E-state index contributed by atoms with van der Waals surface area (Å²) in [6.07, 6.45) is 1.59. The second-order valence-corrected chi connectivity index (χ2v) is 5.05. The van der Waals surface area contributed by atoms with Gasteiger partial charge < -0.3 is 4.74 Å². The summed E-state index contributed by atoms with van der Waals surface area (Å²) in [7, 11) is 0. The van der Waals surface area contributed by atoms with Crippen LogP contribution in [0.3, 0.4) is 0 Å². The second-order valence-electron chi connectivity index (χ2n) is 4.14. The molecule has 0 aliphatic rings. The predicted octanol–water partition coefficient (Wildman–Crippen LogP) is 4.74. The molecular formula is C15H13BrF2O. The third-order valence-electron chi connectivity index (χ3n) is 2.67. The molecule has 19 heavy (non-hydrogen) atoms. The van der Waals surface area contributed by atoms with Crippen molar-refractivity contribution in [1.29, 1.82) is 0 Å². The van der Waals surface area contributed by atoms with Crippen LogP contribution in [0.4, 0.5) is 8.78 Å². The molecule has 100 valence electrons. The fraction of sp³-hybridized carbons (Fsp3) is 0.200. The molecule has 0 saturated carbocycles. The normalized spacial score (nSPS) is 10.5. The third kappa shape index (κ3) is 4.03. The van der Waals surface area contributed by atoms with Crippen LogP contribution in [-0.4, -0.2) is 6.61 Å². The van der Waals surface area contributed by atoms with E-state index in [1.807, 2.05) is 30.3 Å². The van der Waals surface area contributed by atoms with Gasteiger partial charge in [-0.3, -0.25) is 0 Å². The van der Waals surface area contributed by atoms with Crippen molar-refractivity contribution in [1.82, 2.24) is 0 Å². The predicted molar refractivity (Wildman–Crippen MR) is 74.3 cm³/mol. The van der Waals surface area contributed by atoms with Crippen molar-refractivity contribution in [2.75, 3.05) is 6.61 Å². The Morgan fingerprint density at radius 2 is 1.79 bits per heavy atom. The van der Waals surface area contributed by atoms with Crippen LogP contribution in [0.2, 0.25) is 0 Å². The van der Waals surface area contributed by atoms with Gasteiger partial charge in [0.15, 0.2) is 11.6 Å². The fourth-order valence-corrected chi connectivity index (χ4v) is 2.15. The number of benzene rings is 2. The lowest BCUT2D eigenvalue weighted by Gasteiger charge is -2.08. The molecular weight excluding hydrogens is 314 g/mol. The van der Waals surface area contributed by atoms with Gasteiger partial charge in [0.25, 0.3) is 0 Å². The number of ether oxygens (including phenoxy) is 1. The average molecular weight is 327 g/mol. The monoisotopic (exact) mass is 326 g/mol. The summed E-state index contributed by atoms with van der Waals surface area (Å²) in [5, 5.41) is 0. The number of rotatable bonds is 5. The van der Waals surface area contributed by atoms with Crippen molar-refractivity contribution in [3.05, 3.63) is 64.1 Å². The van der Waals surface area contributed by atoms with E-state index in [4.69, 9.17) is 4.74 Å². The molecule has 0 atom stereocenters. The quantitative estimate of drug-likeness (QED) is 0.569. The molecule has 1 nitrogen and oxygen atoms in total. The Labute approximate surface area is 119 Å². The first-order valence-corrected chi connectivity index (χ1v) is 6.77. The van der Waals surface area contributed by atoms with E-state index in [9.17, 15) is 8.78 Å². The maximum atomic E-state index is 13.4. The second kappa shape index (κ2) is 6.66. The molecule has 0 saturated heterocycles. The average Bonchev–Trinajstić information content (AvgIpc) is 2.41. The highest BCUT2D eigenvalue weighted by atomic mass is 79.9. The standard InChI is InChI=1S/C15H13BrF2O/c16-12-9-13(17)15(18)14(10-12)19-8-4-7-11-5-2-1-3-6-11/h1-3,5-6,9-10H,4,7-8H2. The summed E-state index contributed by atoms with van der Waals surface area (Å²) in [5.74, 6) is -1.91. The fourth-order valence-electron chi connectivity index (χ4n) is 1.74. The molecule has 0 heterocycles. The number of aryl methyl sites for hydroxylation is 1. The summed E-state index contributed by atoms with van der Waals surface area (Å²) in [6, 6.07) is 12.5. The minimum Gasteiger partial charge on any atom is -0.490 e. The van der Waals surface area contributed by atoms with Gasteiger partial charge in [-0.1, -0.05) is 46.3 Å². The lowest BCUT2D eigenvalue weighted by molar-refractivity contribution is 0.290. The molecule has 2 rings (SSSR count). The maximum Gasteiger partial charge on any atom is 0.200 e. The van der Waals surface area contributed by atoms with Crippen molar-refractivity contribution < 1.29 is 13.5 Å². The van der Waals surface area contributed by atoms with Crippen LogP contribution < -0.4 is 4.74 Å². The Hall–Kier alpha value is -1.42. The van der Waals surface area contributed by atoms with Crippen molar-refractivity contribution in [3.8, 4) is 5.75 Å². The molecule has 0 aliphatic carbocycles. The SMILES string of the molecule is Fc1cc(Br)cc(OCCCc2ccccc2)c1F. The first kappa shape index (κ1) is 14.0. The van der Waals surface area contributed by atoms with Crippen LogP contribution in [0.15, 0.2) is 46.9 Å². The molecule has 0 spiro atoms. The summed E-state index contributed by atoms with van der Waals surface area (Å²) in [5.41, 5.74) is 1.20. The van der Waals surface area contributed by atoms with Crippen molar-refractivity contribution >= 4 is 15.9 Å². The third-order valence-corrected chi connectivity index (χ3v) is 3.13. The Kier molecular flexibility index (Phi) is 4.91. The van der Waals surface area contributed by atoms with Gasteiger partial charge in [-0.2, -0.15) is 4.39 Å². The zero-order chi connectivity index (χ0) is 13.7. The van der Waals surface area contributed by atoms with E-state index < -0.39 is 11.6 Å². The minimum absolute atomic E-state index is 0.0556. The van der Waals surface area contributed by atoms with E-state index in [0.717, 1.165) is 18.9 Å². The lowest BCUT2D eigenvalue weighted by atomic mass is 10.1.